The molecule has 5 heteroatoms. The van der Waals surface area contributed by atoms with Gasteiger partial charge in [-0.15, -0.1) is 0 Å². The van der Waals surface area contributed by atoms with E-state index in [4.69, 9.17) is 4.74 Å². The molecule has 1 aromatic carbocycles. The fraction of sp³-hybridized carbons (Fsp3) is 0.250. The minimum absolute atomic E-state index is 0.186. The first-order valence-electron chi connectivity index (χ1n) is 6.45. The van der Waals surface area contributed by atoms with Crippen LogP contribution in [0.25, 0.3) is 0 Å². The fourth-order valence-electron chi connectivity index (χ4n) is 2.58. The molecule has 0 saturated carbocycles. The maximum Gasteiger partial charge on any atom is 0.334 e. The quantitative estimate of drug-likeness (QED) is 0.891. The monoisotopic (exact) mass is 284 g/mol. The Morgan fingerprint density at radius 3 is 2.67 bits per heavy atom. The average Bonchev–Trinajstić information content (AvgIpc) is 2.46. The molecule has 108 valence electrons. The normalized spacial score (nSPS) is 18.1. The van der Waals surface area contributed by atoms with Crippen LogP contribution < -0.4 is 10.1 Å². The Morgan fingerprint density at radius 2 is 2.10 bits per heavy atom. The summed E-state index contributed by atoms with van der Waals surface area (Å²) in [5.74, 6) is -1.000. The molecule has 1 aliphatic heterocycles. The van der Waals surface area contributed by atoms with Crippen molar-refractivity contribution in [3.63, 3.8) is 0 Å². The summed E-state index contributed by atoms with van der Waals surface area (Å²) >= 11 is 0. The van der Waals surface area contributed by atoms with Crippen LogP contribution in [0.3, 0.4) is 0 Å². The number of rotatable bonds is 3. The van der Waals surface area contributed by atoms with Crippen molar-refractivity contribution in [2.75, 3.05) is 7.11 Å². The van der Waals surface area contributed by atoms with E-state index in [1.807, 2.05) is 0 Å². The van der Waals surface area contributed by atoms with Crippen LogP contribution in [0.1, 0.15) is 25.3 Å². The first-order valence-corrected chi connectivity index (χ1v) is 6.45. The summed E-state index contributed by atoms with van der Waals surface area (Å²) in [5.41, 5.74) is 2.54. The zero-order valence-corrected chi connectivity index (χ0v) is 12.1. The number of carboxylic acid groups (broad SMARTS) is 1. The molecule has 21 heavy (non-hydrogen) atoms. The third-order valence-corrected chi connectivity index (χ3v) is 3.54. The molecule has 0 aromatic heterocycles. The summed E-state index contributed by atoms with van der Waals surface area (Å²) in [4.78, 5) is 11.6. The number of carboxylic acids is 1. The van der Waals surface area contributed by atoms with E-state index in [1.165, 1.54) is 0 Å². The van der Waals surface area contributed by atoms with E-state index >= 15 is 0 Å². The maximum absolute atomic E-state index is 11.6. The molecule has 0 fully saturated rings. The lowest BCUT2D eigenvalue weighted by Crippen LogP contribution is -2.27. The molecule has 1 atom stereocenters. The highest BCUT2D eigenvalue weighted by Crippen LogP contribution is 2.38. The third-order valence-electron chi connectivity index (χ3n) is 3.54. The second kappa shape index (κ2) is 5.71. The van der Waals surface area contributed by atoms with Crippen molar-refractivity contribution in [3.05, 3.63) is 52.4 Å². The zero-order valence-electron chi connectivity index (χ0n) is 12.1. The number of benzene rings is 1. The molecule has 0 bridgehead atoms. The molecule has 0 aliphatic carbocycles. The summed E-state index contributed by atoms with van der Waals surface area (Å²) in [6, 6.07) is 9.26. The van der Waals surface area contributed by atoms with E-state index in [2.05, 4.69) is 11.4 Å². The van der Waals surface area contributed by atoms with Crippen LogP contribution in [0.4, 0.5) is 0 Å². The molecule has 1 aromatic rings. The standard InChI is InChI=1S/C16H16N2O3/c1-9-13(8-17)15(14(16(19)20)10(2)18-9)11-5-4-6-12(7-11)21-3/h4-7,15,18H,1-3H3,(H,19,20). The Bertz CT molecular complexity index is 696. The van der Waals surface area contributed by atoms with E-state index in [0.717, 1.165) is 5.56 Å². The number of hydrogen-bond acceptors (Lipinski definition) is 4. The Kier molecular flexibility index (Phi) is 3.99. The number of nitriles is 1. The number of allylic oxidation sites excluding steroid dienone is 3. The molecule has 0 saturated heterocycles. The summed E-state index contributed by atoms with van der Waals surface area (Å²) in [7, 11) is 1.55. The molecule has 2 N–H and O–H groups in total. The number of hydrogen-bond donors (Lipinski definition) is 2. The molecule has 1 heterocycles. The minimum atomic E-state index is -1.03. The van der Waals surface area contributed by atoms with Crippen molar-refractivity contribution >= 4 is 5.97 Å². The van der Waals surface area contributed by atoms with Crippen LogP contribution in [0.2, 0.25) is 0 Å². The Balaban J connectivity index is 2.65. The van der Waals surface area contributed by atoms with Crippen molar-refractivity contribution in [1.82, 2.24) is 5.32 Å². The van der Waals surface area contributed by atoms with Crippen molar-refractivity contribution in [2.24, 2.45) is 0 Å². The Hall–Kier alpha value is -2.74. The van der Waals surface area contributed by atoms with E-state index in [0.29, 0.717) is 22.7 Å². The van der Waals surface area contributed by atoms with Gasteiger partial charge in [0.2, 0.25) is 0 Å². The van der Waals surface area contributed by atoms with Crippen LogP contribution in [0.5, 0.6) is 5.75 Å². The maximum atomic E-state index is 11.6. The molecule has 1 unspecified atom stereocenters. The summed E-state index contributed by atoms with van der Waals surface area (Å²) in [6.45, 7) is 3.47. The molecule has 0 amide bonds. The van der Waals surface area contributed by atoms with E-state index < -0.39 is 11.9 Å². The lowest BCUT2D eigenvalue weighted by molar-refractivity contribution is -0.133. The molecule has 0 spiro atoms. The molecular formula is C16H16N2O3. The highest BCUT2D eigenvalue weighted by molar-refractivity contribution is 5.91. The van der Waals surface area contributed by atoms with Crippen LogP contribution in [-0.4, -0.2) is 18.2 Å². The van der Waals surface area contributed by atoms with Crippen LogP contribution in [0, 0.1) is 11.3 Å². The molecular weight excluding hydrogens is 268 g/mol. The fourth-order valence-corrected chi connectivity index (χ4v) is 2.58. The van der Waals surface area contributed by atoms with Gasteiger partial charge in [-0.1, -0.05) is 12.1 Å². The summed E-state index contributed by atoms with van der Waals surface area (Å²) < 4.78 is 5.19. The van der Waals surface area contributed by atoms with Crippen LogP contribution >= 0.6 is 0 Å². The number of nitrogens with one attached hydrogen (secondary N) is 1. The largest absolute Gasteiger partial charge is 0.497 e. The van der Waals surface area contributed by atoms with Gasteiger partial charge in [0, 0.05) is 11.4 Å². The second-order valence-electron chi connectivity index (χ2n) is 4.83. The second-order valence-corrected chi connectivity index (χ2v) is 4.83. The number of methoxy groups -OCH3 is 1. The predicted molar refractivity (Wildman–Crippen MR) is 77.5 cm³/mol. The van der Waals surface area contributed by atoms with Gasteiger partial charge in [-0.3, -0.25) is 0 Å². The third kappa shape index (κ3) is 2.61. The lowest BCUT2D eigenvalue weighted by atomic mass is 9.81. The Morgan fingerprint density at radius 1 is 1.38 bits per heavy atom. The number of dihydropyridines is 1. The van der Waals surface area contributed by atoms with Gasteiger partial charge < -0.3 is 15.2 Å². The van der Waals surface area contributed by atoms with E-state index in [1.54, 1.807) is 45.2 Å². The highest BCUT2D eigenvalue weighted by atomic mass is 16.5. The SMILES string of the molecule is COc1cccc(C2C(C#N)=C(C)NC(C)=C2C(=O)O)c1. The predicted octanol–water partition coefficient (Wildman–Crippen LogP) is 2.54. The van der Waals surface area contributed by atoms with Crippen molar-refractivity contribution in [2.45, 2.75) is 19.8 Å². The van der Waals surface area contributed by atoms with Crippen molar-refractivity contribution < 1.29 is 14.6 Å². The number of aliphatic carboxylic acids is 1. The average molecular weight is 284 g/mol. The first-order chi connectivity index (χ1) is 9.99. The van der Waals surface area contributed by atoms with E-state index in [9.17, 15) is 15.2 Å². The lowest BCUT2D eigenvalue weighted by Gasteiger charge is -2.27. The van der Waals surface area contributed by atoms with Gasteiger partial charge in [0.25, 0.3) is 0 Å². The highest BCUT2D eigenvalue weighted by Gasteiger charge is 2.33. The van der Waals surface area contributed by atoms with Crippen molar-refractivity contribution in [3.8, 4) is 11.8 Å². The summed E-state index contributed by atoms with van der Waals surface area (Å²) in [5, 5.41) is 21.9. The minimum Gasteiger partial charge on any atom is -0.497 e. The van der Waals surface area contributed by atoms with E-state index in [-0.39, 0.29) is 5.57 Å². The van der Waals surface area contributed by atoms with Gasteiger partial charge in [-0.05, 0) is 31.5 Å². The number of carbonyl (C=O) groups is 1. The van der Waals surface area contributed by atoms with Crippen LogP contribution in [0.15, 0.2) is 46.8 Å². The molecule has 0 radical (unpaired) electrons. The van der Waals surface area contributed by atoms with Gasteiger partial charge in [0.05, 0.1) is 30.2 Å². The Labute approximate surface area is 123 Å². The zero-order chi connectivity index (χ0) is 15.6. The van der Waals surface area contributed by atoms with Gasteiger partial charge >= 0.3 is 5.97 Å². The van der Waals surface area contributed by atoms with Gasteiger partial charge in [-0.2, -0.15) is 5.26 Å². The topological polar surface area (TPSA) is 82.3 Å². The summed E-state index contributed by atoms with van der Waals surface area (Å²) in [6.07, 6.45) is 0. The van der Waals surface area contributed by atoms with Gasteiger partial charge in [0.1, 0.15) is 5.75 Å². The number of ether oxygens (including phenoxy) is 1. The van der Waals surface area contributed by atoms with Crippen LogP contribution in [-0.2, 0) is 4.79 Å². The smallest absolute Gasteiger partial charge is 0.334 e. The number of nitrogens with zero attached hydrogens (tertiary/aromatic N) is 1. The molecule has 2 rings (SSSR count). The van der Waals surface area contributed by atoms with Gasteiger partial charge in [0.15, 0.2) is 0 Å². The molecule has 1 aliphatic rings. The molecule has 5 nitrogen and oxygen atoms in total. The van der Waals surface area contributed by atoms with Gasteiger partial charge in [-0.25, -0.2) is 4.79 Å². The first kappa shape index (κ1) is 14.7. The van der Waals surface area contributed by atoms with Crippen molar-refractivity contribution in [1.29, 1.82) is 5.26 Å².